The fraction of sp³-hybridized carbons (Fsp3) is 0.615. The average molecular weight is 246 g/mol. The van der Waals surface area contributed by atoms with Crippen LogP contribution < -0.4 is 0 Å². The van der Waals surface area contributed by atoms with Gasteiger partial charge in [-0.15, -0.1) is 0 Å². The van der Waals surface area contributed by atoms with Crippen LogP contribution in [-0.4, -0.2) is 33.2 Å². The lowest BCUT2D eigenvalue weighted by atomic mass is 9.76. The number of aryl methyl sites for hydroxylation is 2. The van der Waals surface area contributed by atoms with Gasteiger partial charge >= 0.3 is 0 Å². The lowest BCUT2D eigenvalue weighted by molar-refractivity contribution is -0.136. The quantitative estimate of drug-likeness (QED) is 0.808. The molecule has 0 unspecified atom stereocenters. The number of nitriles is 1. The fourth-order valence-electron chi connectivity index (χ4n) is 2.24. The van der Waals surface area contributed by atoms with Crippen molar-refractivity contribution in [2.75, 3.05) is 7.05 Å². The van der Waals surface area contributed by atoms with Crippen molar-refractivity contribution in [3.8, 4) is 6.07 Å². The molecule has 0 spiro atoms. The first-order valence-corrected chi connectivity index (χ1v) is 6.24. The first-order chi connectivity index (χ1) is 8.57. The number of amides is 1. The first-order valence-electron chi connectivity index (χ1n) is 6.24. The zero-order valence-electron chi connectivity index (χ0n) is 10.9. The SMILES string of the molecule is Cc1cnn(CCC(=O)N(C)C2(C#N)CCC2)c1. The Balaban J connectivity index is 1.90. The van der Waals surface area contributed by atoms with Crippen LogP contribution in [0.3, 0.4) is 0 Å². The molecule has 5 nitrogen and oxygen atoms in total. The van der Waals surface area contributed by atoms with Gasteiger partial charge in [0.05, 0.1) is 12.3 Å². The Kier molecular flexibility index (Phi) is 3.37. The van der Waals surface area contributed by atoms with Gasteiger partial charge < -0.3 is 4.90 Å². The predicted octanol–water partition coefficient (Wildman–Crippen LogP) is 1.49. The molecule has 1 aliphatic carbocycles. The third-order valence-corrected chi connectivity index (χ3v) is 3.72. The van der Waals surface area contributed by atoms with Crippen LogP contribution in [0, 0.1) is 18.3 Å². The summed E-state index contributed by atoms with van der Waals surface area (Å²) in [5.41, 5.74) is 0.542. The predicted molar refractivity (Wildman–Crippen MR) is 66.5 cm³/mol. The number of hydrogen-bond donors (Lipinski definition) is 0. The molecule has 0 atom stereocenters. The van der Waals surface area contributed by atoms with E-state index in [2.05, 4.69) is 11.2 Å². The molecule has 0 aliphatic heterocycles. The highest BCUT2D eigenvalue weighted by Gasteiger charge is 2.43. The minimum absolute atomic E-state index is 0.0180. The van der Waals surface area contributed by atoms with Gasteiger partial charge in [0.15, 0.2) is 0 Å². The molecule has 1 amide bonds. The summed E-state index contributed by atoms with van der Waals surface area (Å²) in [7, 11) is 1.74. The van der Waals surface area contributed by atoms with E-state index in [1.807, 2.05) is 13.1 Å². The number of aromatic nitrogens is 2. The highest BCUT2D eigenvalue weighted by Crippen LogP contribution is 2.36. The summed E-state index contributed by atoms with van der Waals surface area (Å²) in [6, 6.07) is 2.28. The Bertz CT molecular complexity index is 481. The second-order valence-electron chi connectivity index (χ2n) is 4.98. The van der Waals surface area contributed by atoms with E-state index < -0.39 is 5.54 Å². The van der Waals surface area contributed by atoms with E-state index in [4.69, 9.17) is 0 Å². The molecule has 2 rings (SSSR count). The smallest absolute Gasteiger partial charge is 0.225 e. The summed E-state index contributed by atoms with van der Waals surface area (Å²) in [5.74, 6) is 0.0180. The van der Waals surface area contributed by atoms with E-state index in [0.717, 1.165) is 24.8 Å². The van der Waals surface area contributed by atoms with E-state index in [9.17, 15) is 10.1 Å². The van der Waals surface area contributed by atoms with Crippen LogP contribution in [0.5, 0.6) is 0 Å². The van der Waals surface area contributed by atoms with Gasteiger partial charge in [0.1, 0.15) is 5.54 Å². The second-order valence-corrected chi connectivity index (χ2v) is 4.98. The van der Waals surface area contributed by atoms with E-state index in [1.165, 1.54) is 0 Å². The van der Waals surface area contributed by atoms with Crippen LogP contribution in [-0.2, 0) is 11.3 Å². The van der Waals surface area contributed by atoms with Gasteiger partial charge in [0.2, 0.25) is 5.91 Å². The number of carbonyl (C=O) groups excluding carboxylic acids is 1. The number of hydrogen-bond acceptors (Lipinski definition) is 3. The molecule has 1 aromatic rings. The molecule has 0 radical (unpaired) electrons. The minimum Gasteiger partial charge on any atom is -0.327 e. The molecular formula is C13H18N4O. The Morgan fingerprint density at radius 1 is 1.67 bits per heavy atom. The summed E-state index contributed by atoms with van der Waals surface area (Å²) >= 11 is 0. The van der Waals surface area contributed by atoms with E-state index in [-0.39, 0.29) is 5.91 Å². The standard InChI is InChI=1S/C13H18N4O/c1-11-8-15-17(9-11)7-4-12(18)16(2)13(10-14)5-3-6-13/h8-9H,3-7H2,1-2H3. The third kappa shape index (κ3) is 2.23. The van der Waals surface area contributed by atoms with Crippen LogP contribution in [0.15, 0.2) is 12.4 Å². The summed E-state index contributed by atoms with van der Waals surface area (Å²) in [6.45, 7) is 2.54. The van der Waals surface area contributed by atoms with Crippen LogP contribution in [0.1, 0.15) is 31.2 Å². The summed E-state index contributed by atoms with van der Waals surface area (Å²) < 4.78 is 1.76. The van der Waals surface area contributed by atoms with Crippen molar-refractivity contribution in [3.05, 3.63) is 18.0 Å². The van der Waals surface area contributed by atoms with E-state index in [1.54, 1.807) is 22.8 Å². The van der Waals surface area contributed by atoms with Crippen molar-refractivity contribution in [3.63, 3.8) is 0 Å². The number of carbonyl (C=O) groups is 1. The third-order valence-electron chi connectivity index (χ3n) is 3.72. The number of rotatable bonds is 4. The summed E-state index contributed by atoms with van der Waals surface area (Å²) in [5, 5.41) is 13.3. The molecule has 5 heteroatoms. The molecule has 1 saturated carbocycles. The van der Waals surface area contributed by atoms with E-state index in [0.29, 0.717) is 13.0 Å². The molecule has 0 aromatic carbocycles. The van der Waals surface area contributed by atoms with Gasteiger partial charge in [-0.1, -0.05) is 0 Å². The normalized spacial score (nSPS) is 16.7. The topological polar surface area (TPSA) is 61.9 Å². The highest BCUT2D eigenvalue weighted by atomic mass is 16.2. The van der Waals surface area contributed by atoms with Gasteiger partial charge in [-0.25, -0.2) is 0 Å². The van der Waals surface area contributed by atoms with Gasteiger partial charge in [-0.3, -0.25) is 9.48 Å². The molecule has 18 heavy (non-hydrogen) atoms. The Morgan fingerprint density at radius 3 is 2.83 bits per heavy atom. The van der Waals surface area contributed by atoms with Gasteiger partial charge in [0.25, 0.3) is 0 Å². The monoisotopic (exact) mass is 246 g/mol. The van der Waals surface area contributed by atoms with Crippen molar-refractivity contribution in [2.24, 2.45) is 0 Å². The first kappa shape index (κ1) is 12.6. The molecule has 1 heterocycles. The fourth-order valence-corrected chi connectivity index (χ4v) is 2.24. The largest absolute Gasteiger partial charge is 0.327 e. The lowest BCUT2D eigenvalue weighted by Gasteiger charge is -2.43. The van der Waals surface area contributed by atoms with Crippen molar-refractivity contribution >= 4 is 5.91 Å². The molecule has 0 saturated heterocycles. The van der Waals surface area contributed by atoms with Crippen LogP contribution in [0.25, 0.3) is 0 Å². The minimum atomic E-state index is -0.545. The Labute approximate surface area is 107 Å². The maximum absolute atomic E-state index is 12.1. The molecular weight excluding hydrogens is 228 g/mol. The van der Waals surface area contributed by atoms with Gasteiger partial charge in [-0.2, -0.15) is 10.4 Å². The van der Waals surface area contributed by atoms with Crippen LogP contribution in [0.2, 0.25) is 0 Å². The Morgan fingerprint density at radius 2 is 2.39 bits per heavy atom. The maximum Gasteiger partial charge on any atom is 0.225 e. The highest BCUT2D eigenvalue weighted by molar-refractivity contribution is 5.77. The summed E-state index contributed by atoms with van der Waals surface area (Å²) in [6.07, 6.45) is 6.71. The molecule has 0 bridgehead atoms. The van der Waals surface area contributed by atoms with Crippen molar-refractivity contribution < 1.29 is 4.79 Å². The van der Waals surface area contributed by atoms with E-state index >= 15 is 0 Å². The zero-order valence-corrected chi connectivity index (χ0v) is 10.9. The van der Waals surface area contributed by atoms with Crippen LogP contribution in [0.4, 0.5) is 0 Å². The van der Waals surface area contributed by atoms with Crippen molar-refractivity contribution in [1.82, 2.24) is 14.7 Å². The average Bonchev–Trinajstić information content (AvgIpc) is 2.71. The molecule has 1 aromatic heterocycles. The molecule has 1 aliphatic rings. The molecule has 0 N–H and O–H groups in total. The second kappa shape index (κ2) is 4.81. The zero-order chi connectivity index (χ0) is 13.2. The lowest BCUT2D eigenvalue weighted by Crippen LogP contribution is -2.53. The molecule has 1 fully saturated rings. The summed E-state index contributed by atoms with van der Waals surface area (Å²) in [4.78, 5) is 13.7. The van der Waals surface area contributed by atoms with Crippen molar-refractivity contribution in [2.45, 2.75) is 44.7 Å². The van der Waals surface area contributed by atoms with Crippen molar-refractivity contribution in [1.29, 1.82) is 5.26 Å². The maximum atomic E-state index is 12.1. The van der Waals surface area contributed by atoms with Gasteiger partial charge in [0, 0.05) is 26.2 Å². The molecule has 96 valence electrons. The number of nitrogens with zero attached hydrogens (tertiary/aromatic N) is 4. The van der Waals surface area contributed by atoms with Gasteiger partial charge in [-0.05, 0) is 31.7 Å². The van der Waals surface area contributed by atoms with Crippen LogP contribution >= 0.6 is 0 Å². The Hall–Kier alpha value is -1.83.